The molecule has 4 rings (SSSR count). The van der Waals surface area contributed by atoms with E-state index in [2.05, 4.69) is 19.9 Å². The van der Waals surface area contributed by atoms with Crippen LogP contribution in [0.4, 0.5) is 0 Å². The predicted octanol–water partition coefficient (Wildman–Crippen LogP) is 3.66. The number of fused-ring (bicyclic) bond motifs is 5. The zero-order chi connectivity index (χ0) is 11.7. The number of thiophene rings is 1. The molecule has 0 saturated heterocycles. The van der Waals surface area contributed by atoms with Crippen LogP contribution < -0.4 is 5.73 Å². The molecule has 0 amide bonds. The fourth-order valence-corrected chi connectivity index (χ4v) is 6.04. The molecule has 3 saturated carbocycles. The highest BCUT2D eigenvalue weighted by molar-refractivity contribution is 7.12. The molecule has 0 spiro atoms. The van der Waals surface area contributed by atoms with Gasteiger partial charge in [0, 0.05) is 15.8 Å². The van der Waals surface area contributed by atoms with E-state index in [-0.39, 0.29) is 0 Å². The van der Waals surface area contributed by atoms with Crippen molar-refractivity contribution in [3.8, 4) is 0 Å². The highest BCUT2D eigenvalue weighted by Crippen LogP contribution is 2.71. The molecule has 0 aliphatic heterocycles. The quantitative estimate of drug-likeness (QED) is 0.848. The first-order chi connectivity index (χ1) is 8.16. The molecule has 5 atom stereocenters. The molecule has 0 radical (unpaired) electrons. The summed E-state index contributed by atoms with van der Waals surface area (Å²) in [4.78, 5) is 2.87. The van der Waals surface area contributed by atoms with Gasteiger partial charge in [-0.1, -0.05) is 0 Å². The fourth-order valence-electron chi connectivity index (χ4n) is 5.06. The Morgan fingerprint density at radius 3 is 2.41 bits per heavy atom. The topological polar surface area (TPSA) is 26.0 Å². The van der Waals surface area contributed by atoms with Crippen molar-refractivity contribution in [2.75, 3.05) is 0 Å². The normalized spacial score (nSPS) is 43.8. The van der Waals surface area contributed by atoms with Crippen molar-refractivity contribution in [3.63, 3.8) is 0 Å². The molecule has 92 valence electrons. The molecule has 3 aliphatic carbocycles. The molecular formula is C15H21NS. The number of rotatable bonds is 2. The summed E-state index contributed by atoms with van der Waals surface area (Å²) in [5.74, 6) is 4.92. The summed E-state index contributed by atoms with van der Waals surface area (Å²) in [6.45, 7) is 4.44. The average molecular weight is 247 g/mol. The number of aryl methyl sites for hydroxylation is 2. The van der Waals surface area contributed by atoms with Crippen LogP contribution in [0.5, 0.6) is 0 Å². The molecule has 3 fully saturated rings. The molecule has 3 aliphatic rings. The minimum absolute atomic E-state index is 0.332. The second-order valence-corrected chi connectivity index (χ2v) is 7.92. The van der Waals surface area contributed by atoms with Gasteiger partial charge in [0.05, 0.1) is 0 Å². The Balaban J connectivity index is 1.59. The van der Waals surface area contributed by atoms with Gasteiger partial charge in [-0.25, -0.2) is 0 Å². The van der Waals surface area contributed by atoms with Crippen LogP contribution in [0, 0.1) is 43.4 Å². The van der Waals surface area contributed by atoms with Crippen LogP contribution in [0.15, 0.2) is 6.07 Å². The van der Waals surface area contributed by atoms with Crippen LogP contribution in [-0.2, 0) is 0 Å². The van der Waals surface area contributed by atoms with E-state index in [1.165, 1.54) is 34.6 Å². The lowest BCUT2D eigenvalue weighted by Gasteiger charge is -2.16. The SMILES string of the molecule is Cc1cc(C(N)C2C3C4CCC(C4)C32)c(C)s1. The second kappa shape index (κ2) is 3.36. The van der Waals surface area contributed by atoms with Crippen LogP contribution >= 0.6 is 11.3 Å². The van der Waals surface area contributed by atoms with Crippen LogP contribution in [0.25, 0.3) is 0 Å². The van der Waals surface area contributed by atoms with Gasteiger partial charge in [0.1, 0.15) is 0 Å². The van der Waals surface area contributed by atoms with Crippen molar-refractivity contribution >= 4 is 11.3 Å². The maximum Gasteiger partial charge on any atom is 0.0340 e. The van der Waals surface area contributed by atoms with Crippen molar-refractivity contribution in [3.05, 3.63) is 21.4 Å². The van der Waals surface area contributed by atoms with E-state index in [1.54, 1.807) is 0 Å². The summed E-state index contributed by atoms with van der Waals surface area (Å²) in [7, 11) is 0. The molecule has 2 N–H and O–H groups in total. The zero-order valence-corrected chi connectivity index (χ0v) is 11.5. The number of hydrogen-bond acceptors (Lipinski definition) is 2. The summed E-state index contributed by atoms with van der Waals surface area (Å²) in [6.07, 6.45) is 4.52. The second-order valence-electron chi connectivity index (χ2n) is 6.46. The Morgan fingerprint density at radius 2 is 1.88 bits per heavy atom. The Hall–Kier alpha value is -0.340. The summed E-state index contributed by atoms with van der Waals surface area (Å²) < 4.78 is 0. The van der Waals surface area contributed by atoms with Crippen molar-refractivity contribution in [1.29, 1.82) is 0 Å². The van der Waals surface area contributed by atoms with Gasteiger partial charge in [0.15, 0.2) is 0 Å². The molecule has 2 bridgehead atoms. The third kappa shape index (κ3) is 1.34. The minimum Gasteiger partial charge on any atom is -0.324 e. The molecule has 17 heavy (non-hydrogen) atoms. The van der Waals surface area contributed by atoms with Gasteiger partial charge in [0.2, 0.25) is 0 Å². The molecule has 1 heterocycles. The third-order valence-corrected chi connectivity index (χ3v) is 6.63. The van der Waals surface area contributed by atoms with E-state index in [4.69, 9.17) is 5.73 Å². The summed E-state index contributed by atoms with van der Waals surface area (Å²) in [5.41, 5.74) is 8.01. The monoisotopic (exact) mass is 247 g/mol. The van der Waals surface area contributed by atoms with Gasteiger partial charge in [0.25, 0.3) is 0 Å². The molecule has 0 aromatic carbocycles. The number of hydrogen-bond donors (Lipinski definition) is 1. The Kier molecular flexibility index (Phi) is 2.09. The van der Waals surface area contributed by atoms with Gasteiger partial charge < -0.3 is 5.73 Å². The number of nitrogens with two attached hydrogens (primary N) is 1. The highest BCUT2D eigenvalue weighted by Gasteiger charge is 2.66. The largest absolute Gasteiger partial charge is 0.324 e. The summed E-state index contributed by atoms with van der Waals surface area (Å²) in [5, 5.41) is 0. The van der Waals surface area contributed by atoms with E-state index >= 15 is 0 Å². The average Bonchev–Trinajstić information content (AvgIpc) is 2.59. The Bertz CT molecular complexity index is 447. The van der Waals surface area contributed by atoms with Crippen molar-refractivity contribution < 1.29 is 0 Å². The van der Waals surface area contributed by atoms with E-state index in [0.29, 0.717) is 6.04 Å². The molecule has 2 heteroatoms. The molecule has 1 nitrogen and oxygen atoms in total. The zero-order valence-electron chi connectivity index (χ0n) is 10.6. The van der Waals surface area contributed by atoms with Crippen LogP contribution in [-0.4, -0.2) is 0 Å². The smallest absolute Gasteiger partial charge is 0.0340 e. The fraction of sp³-hybridized carbons (Fsp3) is 0.733. The maximum absolute atomic E-state index is 6.56. The highest BCUT2D eigenvalue weighted by atomic mass is 32.1. The van der Waals surface area contributed by atoms with Gasteiger partial charge in [-0.3, -0.25) is 0 Å². The van der Waals surface area contributed by atoms with Gasteiger partial charge in [-0.05, 0) is 74.3 Å². The molecule has 1 aromatic rings. The van der Waals surface area contributed by atoms with Crippen LogP contribution in [0.2, 0.25) is 0 Å². The molecule has 1 aromatic heterocycles. The standard InChI is InChI=1S/C15H21NS/c1-7-5-11(8(2)17-7)15(16)14-12-9-3-4-10(6-9)13(12)14/h5,9-10,12-15H,3-4,6,16H2,1-2H3. The molecule has 5 unspecified atom stereocenters. The lowest BCUT2D eigenvalue weighted by molar-refractivity contribution is 0.417. The van der Waals surface area contributed by atoms with Crippen LogP contribution in [0.1, 0.15) is 40.6 Å². The minimum atomic E-state index is 0.332. The lowest BCUT2D eigenvalue weighted by Crippen LogP contribution is -2.17. The van der Waals surface area contributed by atoms with Crippen LogP contribution in [0.3, 0.4) is 0 Å². The first kappa shape index (κ1) is 10.6. The van der Waals surface area contributed by atoms with E-state index in [9.17, 15) is 0 Å². The molecular weight excluding hydrogens is 226 g/mol. The first-order valence-electron chi connectivity index (χ1n) is 6.99. The van der Waals surface area contributed by atoms with Crippen molar-refractivity contribution in [2.24, 2.45) is 35.3 Å². The maximum atomic E-state index is 6.56. The third-order valence-electron chi connectivity index (χ3n) is 5.65. The van der Waals surface area contributed by atoms with E-state index in [0.717, 1.165) is 29.6 Å². The Morgan fingerprint density at radius 1 is 1.24 bits per heavy atom. The Labute approximate surface area is 107 Å². The summed E-state index contributed by atoms with van der Waals surface area (Å²) in [6, 6.07) is 2.67. The van der Waals surface area contributed by atoms with Gasteiger partial charge >= 0.3 is 0 Å². The lowest BCUT2D eigenvalue weighted by atomic mass is 9.94. The summed E-state index contributed by atoms with van der Waals surface area (Å²) >= 11 is 1.91. The van der Waals surface area contributed by atoms with Gasteiger partial charge in [-0.2, -0.15) is 0 Å². The van der Waals surface area contributed by atoms with Gasteiger partial charge in [-0.15, -0.1) is 11.3 Å². The van der Waals surface area contributed by atoms with E-state index in [1.807, 2.05) is 11.3 Å². The first-order valence-corrected chi connectivity index (χ1v) is 7.81. The predicted molar refractivity (Wildman–Crippen MR) is 72.0 cm³/mol. The van der Waals surface area contributed by atoms with E-state index < -0.39 is 0 Å². The van der Waals surface area contributed by atoms with Crippen molar-refractivity contribution in [1.82, 2.24) is 0 Å². The van der Waals surface area contributed by atoms with Crippen molar-refractivity contribution in [2.45, 2.75) is 39.2 Å².